The number of halogens is 2. The summed E-state index contributed by atoms with van der Waals surface area (Å²) < 4.78 is 35.7. The number of carbonyl (C=O) groups excluding carboxylic acids is 1. The van der Waals surface area contributed by atoms with E-state index in [0.29, 0.717) is 17.0 Å². The average Bonchev–Trinajstić information content (AvgIpc) is 3.22. The van der Waals surface area contributed by atoms with E-state index in [9.17, 15) is 13.6 Å². The first kappa shape index (κ1) is 20.8. The second kappa shape index (κ2) is 8.43. The van der Waals surface area contributed by atoms with E-state index in [4.69, 9.17) is 4.74 Å². The first-order chi connectivity index (χ1) is 16.0. The van der Waals surface area contributed by atoms with E-state index < -0.39 is 23.7 Å². The van der Waals surface area contributed by atoms with Gasteiger partial charge in [-0.25, -0.2) is 13.6 Å². The molecule has 1 aliphatic heterocycles. The number of ether oxygens (including phenoxy) is 1. The highest BCUT2D eigenvalue weighted by Gasteiger charge is 2.33. The lowest BCUT2D eigenvalue weighted by molar-refractivity contribution is 0.194. The van der Waals surface area contributed by atoms with Crippen LogP contribution in [-0.4, -0.2) is 22.6 Å². The summed E-state index contributed by atoms with van der Waals surface area (Å²) in [5.74, 6) is -0.789. The van der Waals surface area contributed by atoms with Crippen molar-refractivity contribution in [3.8, 4) is 11.4 Å². The van der Waals surface area contributed by atoms with Gasteiger partial charge in [-0.05, 0) is 53.6 Å². The molecule has 1 N–H and O–H groups in total. The molecule has 4 aromatic rings. The quantitative estimate of drug-likeness (QED) is 0.427. The van der Waals surface area contributed by atoms with Crippen LogP contribution in [0.3, 0.4) is 0 Å². The second-order valence-electron chi connectivity index (χ2n) is 7.83. The lowest BCUT2D eigenvalue weighted by Gasteiger charge is -2.31. The minimum absolute atomic E-state index is 0.246. The van der Waals surface area contributed by atoms with Crippen LogP contribution in [0.2, 0.25) is 0 Å². The molecule has 1 atom stereocenters. The molecule has 7 heteroatoms. The highest BCUT2D eigenvalue weighted by Crippen LogP contribution is 2.37. The molecule has 1 aliphatic rings. The third kappa shape index (κ3) is 3.93. The molecule has 0 saturated carbocycles. The maximum Gasteiger partial charge on any atom is 0.322 e. The molecule has 0 bridgehead atoms. The first-order valence-electron chi connectivity index (χ1n) is 10.5. The Kier molecular flexibility index (Phi) is 5.30. The number of benzene rings is 3. The number of hydrogen-bond acceptors (Lipinski definition) is 2. The van der Waals surface area contributed by atoms with Gasteiger partial charge in [-0.3, -0.25) is 0 Å². The van der Waals surface area contributed by atoms with E-state index >= 15 is 0 Å². The molecule has 0 spiro atoms. The number of nitrogens with one attached hydrogen (secondary N) is 1. The zero-order valence-electron chi connectivity index (χ0n) is 17.8. The lowest BCUT2D eigenvalue weighted by atomic mass is 10.0. The zero-order valence-corrected chi connectivity index (χ0v) is 17.8. The molecule has 0 aliphatic carbocycles. The fraction of sp³-hybridized carbons (Fsp3) is 0.115. The molecule has 0 radical (unpaired) electrons. The second-order valence-corrected chi connectivity index (χ2v) is 7.83. The van der Waals surface area contributed by atoms with Crippen LogP contribution in [0.25, 0.3) is 5.69 Å². The summed E-state index contributed by atoms with van der Waals surface area (Å²) >= 11 is 0. The first-order valence-corrected chi connectivity index (χ1v) is 10.5. The standard InChI is InChI=1S/C26H21F2N3O2/c1-33-22-8-4-7-21(15-22)29-26(32)31-16-17-6-2-3-9-23(17)30-11-5-10-24(30)25(31)18-12-19(27)14-20(28)13-18/h2-15,25H,16H2,1H3,(H,29,32)/t25-/m0/s1. The number of rotatable bonds is 3. The molecule has 166 valence electrons. The summed E-state index contributed by atoms with van der Waals surface area (Å²) in [6.45, 7) is 0.246. The molecule has 0 unspecified atom stereocenters. The Balaban J connectivity index is 1.64. The molecule has 5 nitrogen and oxygen atoms in total. The van der Waals surface area contributed by atoms with Gasteiger partial charge in [0, 0.05) is 29.7 Å². The van der Waals surface area contributed by atoms with E-state index in [1.807, 2.05) is 47.2 Å². The van der Waals surface area contributed by atoms with E-state index in [-0.39, 0.29) is 6.54 Å². The van der Waals surface area contributed by atoms with Crippen molar-refractivity contribution in [3.63, 3.8) is 0 Å². The minimum Gasteiger partial charge on any atom is -0.497 e. The van der Waals surface area contributed by atoms with Crippen LogP contribution in [0.4, 0.5) is 19.3 Å². The molecule has 3 aromatic carbocycles. The van der Waals surface area contributed by atoms with Crippen molar-refractivity contribution in [1.82, 2.24) is 9.47 Å². The summed E-state index contributed by atoms with van der Waals surface area (Å²) in [5, 5.41) is 2.91. The number of urea groups is 1. The number of carbonyl (C=O) groups is 1. The van der Waals surface area contributed by atoms with Gasteiger partial charge < -0.3 is 19.5 Å². The number of hydrogen-bond donors (Lipinski definition) is 1. The van der Waals surface area contributed by atoms with Crippen molar-refractivity contribution in [2.45, 2.75) is 12.6 Å². The van der Waals surface area contributed by atoms with Gasteiger partial charge >= 0.3 is 6.03 Å². The molecule has 5 rings (SSSR count). The predicted molar refractivity (Wildman–Crippen MR) is 122 cm³/mol. The monoisotopic (exact) mass is 445 g/mol. The van der Waals surface area contributed by atoms with Crippen LogP contribution in [0.1, 0.15) is 22.9 Å². The van der Waals surface area contributed by atoms with E-state index in [1.165, 1.54) is 12.1 Å². The van der Waals surface area contributed by atoms with Gasteiger partial charge in [-0.2, -0.15) is 0 Å². The van der Waals surface area contributed by atoms with Crippen molar-refractivity contribution >= 4 is 11.7 Å². The number of fused-ring (bicyclic) bond motifs is 3. The van der Waals surface area contributed by atoms with Crippen LogP contribution >= 0.6 is 0 Å². The summed E-state index contributed by atoms with van der Waals surface area (Å²) in [7, 11) is 1.55. The Bertz CT molecular complexity index is 1310. The van der Waals surface area contributed by atoms with Gasteiger partial charge in [0.1, 0.15) is 17.4 Å². The molecule has 0 fully saturated rings. The normalized spacial score (nSPS) is 14.8. The molecule has 0 saturated heterocycles. The lowest BCUT2D eigenvalue weighted by Crippen LogP contribution is -2.38. The van der Waals surface area contributed by atoms with Crippen LogP contribution in [0.15, 0.2) is 85.1 Å². The summed E-state index contributed by atoms with van der Waals surface area (Å²) in [4.78, 5) is 15.2. The third-order valence-electron chi connectivity index (χ3n) is 5.75. The Morgan fingerprint density at radius 3 is 2.55 bits per heavy atom. The zero-order chi connectivity index (χ0) is 22.9. The number of aromatic nitrogens is 1. The summed E-state index contributed by atoms with van der Waals surface area (Å²) in [5.41, 5.74) is 3.45. The third-order valence-corrected chi connectivity index (χ3v) is 5.75. The Morgan fingerprint density at radius 2 is 1.76 bits per heavy atom. The molecular formula is C26H21F2N3O2. The smallest absolute Gasteiger partial charge is 0.322 e. The maximum absolute atomic E-state index is 14.2. The Labute approximate surface area is 189 Å². The maximum atomic E-state index is 14.2. The number of anilines is 1. The van der Waals surface area contributed by atoms with Crippen LogP contribution in [-0.2, 0) is 6.54 Å². The van der Waals surface area contributed by atoms with Crippen LogP contribution in [0.5, 0.6) is 5.75 Å². The SMILES string of the molecule is COc1cccc(NC(=O)N2Cc3ccccc3-n3cccc3[C@@H]2c2cc(F)cc(F)c2)c1. The number of methoxy groups -OCH3 is 1. The highest BCUT2D eigenvalue weighted by molar-refractivity contribution is 5.90. The Morgan fingerprint density at radius 1 is 0.970 bits per heavy atom. The predicted octanol–water partition coefficient (Wildman–Crippen LogP) is 5.90. The topological polar surface area (TPSA) is 46.5 Å². The van der Waals surface area contributed by atoms with Gasteiger partial charge in [0.05, 0.1) is 25.4 Å². The largest absolute Gasteiger partial charge is 0.497 e. The fourth-order valence-electron chi connectivity index (χ4n) is 4.32. The summed E-state index contributed by atoms with van der Waals surface area (Å²) in [6.07, 6.45) is 1.89. The highest BCUT2D eigenvalue weighted by atomic mass is 19.1. The van der Waals surface area contributed by atoms with E-state index in [1.54, 1.807) is 36.3 Å². The van der Waals surface area contributed by atoms with Crippen molar-refractivity contribution in [2.75, 3.05) is 12.4 Å². The van der Waals surface area contributed by atoms with Gasteiger partial charge in [0.25, 0.3) is 0 Å². The Hall–Kier alpha value is -4.13. The van der Waals surface area contributed by atoms with Crippen molar-refractivity contribution < 1.29 is 18.3 Å². The van der Waals surface area contributed by atoms with Gasteiger partial charge in [0.15, 0.2) is 0 Å². The van der Waals surface area contributed by atoms with Gasteiger partial charge in [0.2, 0.25) is 0 Å². The van der Waals surface area contributed by atoms with Crippen molar-refractivity contribution in [2.24, 2.45) is 0 Å². The van der Waals surface area contributed by atoms with E-state index in [2.05, 4.69) is 5.32 Å². The average molecular weight is 445 g/mol. The molecule has 2 heterocycles. The molecule has 33 heavy (non-hydrogen) atoms. The number of amides is 2. The van der Waals surface area contributed by atoms with Crippen molar-refractivity contribution in [1.29, 1.82) is 0 Å². The number of nitrogens with zero attached hydrogens (tertiary/aromatic N) is 2. The number of para-hydroxylation sites is 1. The van der Waals surface area contributed by atoms with Crippen LogP contribution < -0.4 is 10.1 Å². The fourth-order valence-corrected chi connectivity index (χ4v) is 4.32. The van der Waals surface area contributed by atoms with E-state index in [0.717, 1.165) is 23.0 Å². The summed E-state index contributed by atoms with van der Waals surface area (Å²) in [6, 6.07) is 20.7. The van der Waals surface area contributed by atoms with Crippen molar-refractivity contribution in [3.05, 3.63) is 114 Å². The molecular weight excluding hydrogens is 424 g/mol. The molecule has 1 aromatic heterocycles. The minimum atomic E-state index is -0.719. The molecule has 2 amide bonds. The van der Waals surface area contributed by atoms with Gasteiger partial charge in [-0.1, -0.05) is 24.3 Å². The van der Waals surface area contributed by atoms with Crippen LogP contribution in [0, 0.1) is 11.6 Å². The van der Waals surface area contributed by atoms with Gasteiger partial charge in [-0.15, -0.1) is 0 Å².